The minimum Gasteiger partial charge on any atom is -0.391 e. The van der Waals surface area contributed by atoms with Crippen LogP contribution in [0.2, 0.25) is 10.0 Å². The molecule has 0 bridgehead atoms. The highest BCUT2D eigenvalue weighted by Crippen LogP contribution is 2.32. The molecule has 5 aromatic heterocycles. The van der Waals surface area contributed by atoms with Crippen LogP contribution in [0.4, 0.5) is 4.39 Å². The maximum Gasteiger partial charge on any atom is 0.269 e. The summed E-state index contributed by atoms with van der Waals surface area (Å²) in [5.74, 6) is -0.386. The molecule has 0 saturated heterocycles. The Hall–Kier alpha value is -8.36. The number of nitrogens with one attached hydrogen (secondary N) is 5. The third-order valence-corrected chi connectivity index (χ3v) is 17.6. The number of hydrogen-bond acceptors (Lipinski definition) is 14. The molecule has 26 heteroatoms. The first-order chi connectivity index (χ1) is 41.5. The Balaban J connectivity index is 0.000000187. The topological polar surface area (TPSA) is 339 Å². The molecule has 456 valence electrons. The molecule has 8 aromatic rings. The third kappa shape index (κ3) is 18.3. The lowest BCUT2D eigenvalue weighted by atomic mass is 10.0. The maximum atomic E-state index is 13.9. The first-order valence-corrected chi connectivity index (χ1v) is 30.4. The second-order valence-electron chi connectivity index (χ2n) is 19.9. The maximum absolute atomic E-state index is 13.9. The summed E-state index contributed by atoms with van der Waals surface area (Å²) >= 11 is 16.0. The van der Waals surface area contributed by atoms with Crippen molar-refractivity contribution < 1.29 is 29.0 Å². The van der Waals surface area contributed by atoms with Crippen LogP contribution in [0.5, 0.6) is 0 Å². The van der Waals surface area contributed by atoms with E-state index in [1.807, 2.05) is 62.4 Å². The van der Waals surface area contributed by atoms with Gasteiger partial charge in [-0.05, 0) is 130 Å². The number of halogens is 3. The van der Waals surface area contributed by atoms with Gasteiger partial charge >= 0.3 is 0 Å². The zero-order valence-corrected chi connectivity index (χ0v) is 52.7. The molecule has 5 heterocycles. The standard InChI is InChI=1S/C22H26FN5OS.C20H22ClN5O2S.C19H20ClN5O2S/c1-4-19-13(3)27-21(30-19)18(11-26-22(24)25)28-20(29)16-8-7-14(9-16)15-6-5-12(2)17(23)10-15;1-11-18(10-27)29-20(24-11)17(9-23-12(2)22)26-19(28)16-8-7-15(25-16)13-3-5-14(21)6-4-13;1-10-16(9-26)28-19(22-10)17(23-11(2)21)25-18(27)15-8-7-14(24-15)12-3-5-13(20)6-4-12/h5-8,10,18H,4,9,11H2,1-3H3,(H,28,29)(H4,24,25,26);3-8,17,25,27H,9-10H2,1-2H3,(H2,22,23)(H,26,28);3-8,17,24,26H,9H2,1-2H3,(H2,21,23)(H,25,27). The van der Waals surface area contributed by atoms with Crippen LogP contribution in [-0.4, -0.2) is 83.6 Å². The number of aliphatic hydroxyl groups excluding tert-OH is 2. The van der Waals surface area contributed by atoms with Crippen molar-refractivity contribution in [3.05, 3.63) is 194 Å². The van der Waals surface area contributed by atoms with Crippen LogP contribution in [0, 0.1) is 33.5 Å². The number of aryl methyl sites for hydroxylation is 5. The molecule has 0 spiro atoms. The van der Waals surface area contributed by atoms with Gasteiger partial charge in [-0.15, -0.1) is 34.0 Å². The number of aromatic nitrogens is 5. The van der Waals surface area contributed by atoms with E-state index < -0.39 is 18.2 Å². The van der Waals surface area contributed by atoms with Gasteiger partial charge in [0, 0.05) is 38.3 Å². The second kappa shape index (κ2) is 30.8. The zero-order chi connectivity index (χ0) is 63.1. The van der Waals surface area contributed by atoms with Crippen molar-refractivity contribution >= 4 is 98.1 Å². The average Bonchev–Trinajstić information content (AvgIpc) is 3.77. The number of guanidine groups is 1. The molecule has 3 unspecified atom stereocenters. The largest absolute Gasteiger partial charge is 0.391 e. The van der Waals surface area contributed by atoms with Crippen molar-refractivity contribution in [3.63, 3.8) is 0 Å². The minimum atomic E-state index is -0.733. The van der Waals surface area contributed by atoms with E-state index in [0.29, 0.717) is 66.4 Å². The number of H-pyrrole nitrogens is 2. The smallest absolute Gasteiger partial charge is 0.269 e. The molecule has 0 radical (unpaired) electrons. The number of amides is 3. The van der Waals surface area contributed by atoms with Crippen LogP contribution in [0.3, 0.4) is 0 Å². The van der Waals surface area contributed by atoms with Crippen LogP contribution < -0.4 is 38.9 Å². The van der Waals surface area contributed by atoms with Crippen LogP contribution >= 0.6 is 57.2 Å². The molecule has 15 N–H and O–H groups in total. The number of hydrogen-bond donors (Lipinski definition) is 11. The number of carbonyl (C=O) groups excluding carboxylic acids is 3. The number of nitrogens with zero attached hydrogens (tertiary/aromatic N) is 6. The fourth-order valence-electron chi connectivity index (χ4n) is 8.55. The van der Waals surface area contributed by atoms with Crippen molar-refractivity contribution in [1.29, 1.82) is 0 Å². The molecule has 0 saturated carbocycles. The predicted molar refractivity (Wildman–Crippen MR) is 348 cm³/mol. The molecular weight excluding hydrogens is 1210 g/mol. The lowest BCUT2D eigenvalue weighted by Gasteiger charge is -2.15. The van der Waals surface area contributed by atoms with Gasteiger partial charge < -0.3 is 59.1 Å². The van der Waals surface area contributed by atoms with Crippen LogP contribution in [0.25, 0.3) is 28.1 Å². The van der Waals surface area contributed by atoms with Crippen LogP contribution in [0.1, 0.15) is 124 Å². The summed E-state index contributed by atoms with van der Waals surface area (Å²) in [6.45, 7) is 13.0. The van der Waals surface area contributed by atoms with Crippen LogP contribution in [0.15, 0.2) is 124 Å². The zero-order valence-electron chi connectivity index (χ0n) is 48.8. The third-order valence-electron chi connectivity index (χ3n) is 13.2. The number of aliphatic imine (C=N–C) groups is 3. The first kappa shape index (κ1) is 66.2. The molecule has 0 fully saturated rings. The molecule has 9 rings (SSSR count). The van der Waals surface area contributed by atoms with Gasteiger partial charge in [-0.1, -0.05) is 78.7 Å². The SMILES string of the molecule is CC(N)=NC(NC(=O)c1ccc(-c2ccc(Cl)cc2)[nH]1)c1nc(C)c(CO)s1.CC(N)=NCC(NC(=O)c1ccc(-c2ccc(Cl)cc2)[nH]1)c1nc(C)c(CO)s1.CCc1sc(C(CN=C(N)N)NC(=O)C2=CC=C(c3ccc(C)c(F)c3)C2)nc1C. The van der Waals surface area contributed by atoms with E-state index in [4.69, 9.17) is 46.1 Å². The predicted octanol–water partition coefficient (Wildman–Crippen LogP) is 10.1. The van der Waals surface area contributed by atoms with E-state index in [9.17, 15) is 29.0 Å². The number of rotatable bonds is 20. The van der Waals surface area contributed by atoms with E-state index in [2.05, 4.69) is 62.8 Å². The summed E-state index contributed by atoms with van der Waals surface area (Å²) in [6, 6.07) is 26.0. The number of allylic oxidation sites excluding steroid dienone is 3. The Morgan fingerprint density at radius 2 is 1.09 bits per heavy atom. The highest BCUT2D eigenvalue weighted by molar-refractivity contribution is 7.12. The van der Waals surface area contributed by atoms with E-state index in [-0.39, 0.29) is 55.8 Å². The highest BCUT2D eigenvalue weighted by Gasteiger charge is 2.26. The summed E-state index contributed by atoms with van der Waals surface area (Å²) in [7, 11) is 0. The number of nitrogens with two attached hydrogens (primary N) is 4. The van der Waals surface area contributed by atoms with Gasteiger partial charge in [-0.25, -0.2) is 24.3 Å². The van der Waals surface area contributed by atoms with Gasteiger partial charge in [-0.2, -0.15) is 0 Å². The van der Waals surface area contributed by atoms with E-state index >= 15 is 0 Å². The lowest BCUT2D eigenvalue weighted by molar-refractivity contribution is -0.118. The van der Waals surface area contributed by atoms with Gasteiger partial charge in [0.1, 0.15) is 44.3 Å². The summed E-state index contributed by atoms with van der Waals surface area (Å²) in [6.07, 6.45) is 4.19. The fourth-order valence-corrected chi connectivity index (χ4v) is 11.7. The van der Waals surface area contributed by atoms with Gasteiger partial charge in [0.15, 0.2) is 12.1 Å². The average molecular weight is 1280 g/mol. The van der Waals surface area contributed by atoms with Crippen LogP contribution in [-0.2, 0) is 24.4 Å². The Labute approximate surface area is 524 Å². The van der Waals surface area contributed by atoms with Crippen molar-refractivity contribution in [1.82, 2.24) is 40.9 Å². The molecule has 0 aliphatic heterocycles. The first-order valence-electron chi connectivity index (χ1n) is 27.2. The molecule has 1 aliphatic rings. The minimum absolute atomic E-state index is 0.0383. The molecule has 3 aromatic carbocycles. The van der Waals surface area contributed by atoms with E-state index in [0.717, 1.165) is 66.2 Å². The van der Waals surface area contributed by atoms with Gasteiger partial charge in [0.25, 0.3) is 11.8 Å². The van der Waals surface area contributed by atoms with Crippen molar-refractivity contribution in [2.45, 2.75) is 92.8 Å². The van der Waals surface area contributed by atoms with Gasteiger partial charge in [0.2, 0.25) is 5.91 Å². The van der Waals surface area contributed by atoms with Gasteiger partial charge in [-0.3, -0.25) is 24.4 Å². The summed E-state index contributed by atoms with van der Waals surface area (Å²) in [5.41, 5.74) is 31.9. The number of benzene rings is 3. The number of aliphatic hydroxyl groups is 2. The molecule has 3 atom stereocenters. The molecule has 87 heavy (non-hydrogen) atoms. The molecule has 3 amide bonds. The summed E-state index contributed by atoms with van der Waals surface area (Å²) in [5, 5.41) is 30.9. The van der Waals surface area contributed by atoms with E-state index in [1.54, 1.807) is 87.6 Å². The van der Waals surface area contributed by atoms with Crippen molar-refractivity contribution in [2.24, 2.45) is 37.9 Å². The van der Waals surface area contributed by atoms with Crippen molar-refractivity contribution in [2.75, 3.05) is 13.1 Å². The Morgan fingerprint density at radius 1 is 0.621 bits per heavy atom. The molecule has 20 nitrogen and oxygen atoms in total. The number of thiazole rings is 3. The Kier molecular flexibility index (Phi) is 23.4. The lowest BCUT2D eigenvalue weighted by Crippen LogP contribution is -2.33. The molecule has 1 aliphatic carbocycles. The summed E-state index contributed by atoms with van der Waals surface area (Å²) in [4.78, 5) is 73.4. The van der Waals surface area contributed by atoms with Gasteiger partial charge in [0.05, 0.1) is 64.8 Å². The highest BCUT2D eigenvalue weighted by atomic mass is 35.5. The molecular formula is C61H68Cl2FN15O5S3. The van der Waals surface area contributed by atoms with E-state index in [1.165, 1.54) is 33.6 Å². The Bertz CT molecular complexity index is 3870. The quantitative estimate of drug-likeness (QED) is 0.0251. The van der Waals surface area contributed by atoms with Crippen molar-refractivity contribution in [3.8, 4) is 22.5 Å². The number of carbonyl (C=O) groups is 3. The fraction of sp³-hybridized carbons (Fsp3) is 0.262. The summed E-state index contributed by atoms with van der Waals surface area (Å²) < 4.78 is 13.9. The number of amidine groups is 2. The normalized spacial score (nSPS) is 13.2. The Morgan fingerprint density at radius 3 is 1.56 bits per heavy atom. The second-order valence-corrected chi connectivity index (χ2v) is 24.1. The number of aromatic amines is 2. The monoisotopic (exact) mass is 1280 g/mol.